The lowest BCUT2D eigenvalue weighted by Crippen LogP contribution is -2.37. The number of carbonyl (C=O) groups is 1. The minimum atomic E-state index is -0.356. The summed E-state index contributed by atoms with van der Waals surface area (Å²) in [6.45, 7) is 0. The fraction of sp³-hybridized carbons (Fsp3) is 0.200. The van der Waals surface area contributed by atoms with E-state index in [9.17, 15) is 4.79 Å². The summed E-state index contributed by atoms with van der Waals surface area (Å²) in [6, 6.07) is 0. The molecule has 0 radical (unpaired) electrons. The number of amides is 1. The molecule has 5 nitrogen and oxygen atoms in total. The van der Waals surface area contributed by atoms with Crippen molar-refractivity contribution in [3.63, 3.8) is 0 Å². The fourth-order valence-corrected chi connectivity index (χ4v) is 0.831. The second-order valence-electron chi connectivity index (χ2n) is 1.97. The van der Waals surface area contributed by atoms with Crippen LogP contribution in [0.15, 0.2) is 15.2 Å². The van der Waals surface area contributed by atoms with Crippen LogP contribution in [-0.4, -0.2) is 24.3 Å². The van der Waals surface area contributed by atoms with Crippen LogP contribution in [0.1, 0.15) is 0 Å². The van der Waals surface area contributed by atoms with Gasteiger partial charge in [0.15, 0.2) is 5.84 Å². The second-order valence-corrected chi connectivity index (χ2v) is 1.97. The first-order valence-corrected chi connectivity index (χ1v) is 2.82. The van der Waals surface area contributed by atoms with Crippen LogP contribution in [0.5, 0.6) is 0 Å². The molecular formula is C5H4N4O. The molecule has 0 aliphatic carbocycles. The monoisotopic (exact) mass is 136 g/mol. The minimum absolute atomic E-state index is 0.116. The number of nitrogens with zero attached hydrogens (tertiary/aromatic N) is 3. The van der Waals surface area contributed by atoms with Crippen LogP contribution in [-0.2, 0) is 4.79 Å². The highest BCUT2D eigenvalue weighted by molar-refractivity contribution is 6.22. The summed E-state index contributed by atoms with van der Waals surface area (Å²) in [5, 5.41) is 9.65. The van der Waals surface area contributed by atoms with Gasteiger partial charge in [0.2, 0.25) is 5.91 Å². The molecule has 0 bridgehead atoms. The Morgan fingerprint density at radius 1 is 1.60 bits per heavy atom. The predicted molar refractivity (Wildman–Crippen MR) is 36.1 cm³/mol. The van der Waals surface area contributed by atoms with E-state index in [4.69, 9.17) is 0 Å². The van der Waals surface area contributed by atoms with Crippen molar-refractivity contribution >= 4 is 24.3 Å². The van der Waals surface area contributed by atoms with E-state index in [1.165, 1.54) is 12.6 Å². The Labute approximate surface area is 56.6 Å². The standard InChI is InChI=1S/C5H4N4O/c10-5-3-1-8-9-4(3)6-2-7-5/h1-3H,(H,6,7,9,10)/t3-/m1/s1. The van der Waals surface area contributed by atoms with Crippen LogP contribution in [0, 0.1) is 5.92 Å². The van der Waals surface area contributed by atoms with Gasteiger partial charge in [0.25, 0.3) is 0 Å². The average Bonchev–Trinajstić information content (AvgIpc) is 2.36. The van der Waals surface area contributed by atoms with E-state index in [0.29, 0.717) is 5.84 Å². The highest BCUT2D eigenvalue weighted by Gasteiger charge is 2.27. The quantitative estimate of drug-likeness (QED) is 0.463. The van der Waals surface area contributed by atoms with Gasteiger partial charge in [-0.15, -0.1) is 5.10 Å². The summed E-state index contributed by atoms with van der Waals surface area (Å²) >= 11 is 0. The van der Waals surface area contributed by atoms with Crippen molar-refractivity contribution in [2.24, 2.45) is 21.1 Å². The predicted octanol–water partition coefficient (Wildman–Crippen LogP) is -0.841. The van der Waals surface area contributed by atoms with Crippen LogP contribution in [0.4, 0.5) is 0 Å². The Balaban J connectivity index is 2.41. The van der Waals surface area contributed by atoms with Gasteiger partial charge in [0.1, 0.15) is 5.92 Å². The molecule has 1 N–H and O–H groups in total. The van der Waals surface area contributed by atoms with E-state index in [-0.39, 0.29) is 11.8 Å². The van der Waals surface area contributed by atoms with Gasteiger partial charge in [-0.25, -0.2) is 4.99 Å². The molecule has 2 aliphatic rings. The first-order valence-electron chi connectivity index (χ1n) is 2.82. The fourth-order valence-electron chi connectivity index (χ4n) is 0.831. The number of rotatable bonds is 0. The molecule has 0 spiro atoms. The number of hydrogen-bond donors (Lipinski definition) is 1. The molecule has 0 saturated heterocycles. The van der Waals surface area contributed by atoms with Crippen molar-refractivity contribution in [2.45, 2.75) is 0 Å². The molecule has 0 fully saturated rings. The zero-order valence-electron chi connectivity index (χ0n) is 4.98. The minimum Gasteiger partial charge on any atom is -0.316 e. The topological polar surface area (TPSA) is 66.2 Å². The number of amidine groups is 1. The first-order chi connectivity index (χ1) is 4.88. The van der Waals surface area contributed by atoms with Gasteiger partial charge in [0.05, 0.1) is 6.34 Å². The molecular weight excluding hydrogens is 132 g/mol. The van der Waals surface area contributed by atoms with E-state index < -0.39 is 0 Å². The third kappa shape index (κ3) is 0.570. The molecule has 50 valence electrons. The average molecular weight is 136 g/mol. The maximum absolute atomic E-state index is 10.9. The molecule has 10 heavy (non-hydrogen) atoms. The van der Waals surface area contributed by atoms with E-state index in [1.807, 2.05) is 0 Å². The van der Waals surface area contributed by atoms with Gasteiger partial charge in [-0.2, -0.15) is 5.10 Å². The molecule has 1 amide bonds. The van der Waals surface area contributed by atoms with Crippen LogP contribution in [0.3, 0.4) is 0 Å². The SMILES string of the molecule is O=C1NC=NC2=NN=C[C@@H]12. The smallest absolute Gasteiger partial charge is 0.241 e. The Hall–Kier alpha value is -1.52. The molecule has 2 aliphatic heterocycles. The van der Waals surface area contributed by atoms with Crippen molar-refractivity contribution in [3.05, 3.63) is 0 Å². The molecule has 0 aromatic rings. The number of carbonyl (C=O) groups excluding carboxylic acids is 1. The van der Waals surface area contributed by atoms with Crippen molar-refractivity contribution < 1.29 is 4.79 Å². The summed E-state index contributed by atoms with van der Waals surface area (Å²) in [7, 11) is 0. The molecule has 5 heteroatoms. The van der Waals surface area contributed by atoms with Crippen LogP contribution < -0.4 is 5.32 Å². The molecule has 0 aromatic heterocycles. The summed E-state index contributed by atoms with van der Waals surface area (Å²) in [4.78, 5) is 14.7. The van der Waals surface area contributed by atoms with Gasteiger partial charge in [-0.3, -0.25) is 4.79 Å². The summed E-state index contributed by atoms with van der Waals surface area (Å²) in [5.41, 5.74) is 0. The van der Waals surface area contributed by atoms with Gasteiger partial charge < -0.3 is 5.32 Å². The number of hydrogen-bond acceptors (Lipinski definition) is 4. The van der Waals surface area contributed by atoms with Crippen molar-refractivity contribution in [1.29, 1.82) is 0 Å². The number of aliphatic imine (C=N–C) groups is 1. The first kappa shape index (κ1) is 5.28. The van der Waals surface area contributed by atoms with Gasteiger partial charge in [-0.1, -0.05) is 0 Å². The van der Waals surface area contributed by atoms with E-state index in [0.717, 1.165) is 0 Å². The zero-order valence-corrected chi connectivity index (χ0v) is 4.98. The van der Waals surface area contributed by atoms with Crippen LogP contribution in [0.2, 0.25) is 0 Å². The zero-order chi connectivity index (χ0) is 6.97. The molecule has 0 saturated carbocycles. The maximum Gasteiger partial charge on any atom is 0.241 e. The van der Waals surface area contributed by atoms with Gasteiger partial charge >= 0.3 is 0 Å². The van der Waals surface area contributed by atoms with Crippen molar-refractivity contribution in [1.82, 2.24) is 5.32 Å². The summed E-state index contributed by atoms with van der Waals surface area (Å²) in [6.07, 6.45) is 2.80. The van der Waals surface area contributed by atoms with E-state index in [2.05, 4.69) is 20.5 Å². The van der Waals surface area contributed by atoms with Gasteiger partial charge in [0, 0.05) is 6.21 Å². The third-order valence-corrected chi connectivity index (χ3v) is 1.34. The summed E-state index contributed by atoms with van der Waals surface area (Å²) in [5.74, 6) is 0.00347. The van der Waals surface area contributed by atoms with Crippen LogP contribution in [0.25, 0.3) is 0 Å². The normalized spacial score (nSPS) is 27.8. The Morgan fingerprint density at radius 2 is 2.50 bits per heavy atom. The van der Waals surface area contributed by atoms with Gasteiger partial charge in [-0.05, 0) is 0 Å². The Morgan fingerprint density at radius 3 is 3.30 bits per heavy atom. The molecule has 0 unspecified atom stereocenters. The Bertz CT molecular complexity index is 265. The number of nitrogens with one attached hydrogen (secondary N) is 1. The lowest BCUT2D eigenvalue weighted by molar-refractivity contribution is -0.120. The molecule has 0 aromatic carbocycles. The van der Waals surface area contributed by atoms with E-state index >= 15 is 0 Å². The van der Waals surface area contributed by atoms with Crippen LogP contribution >= 0.6 is 0 Å². The highest BCUT2D eigenvalue weighted by atomic mass is 16.2. The third-order valence-electron chi connectivity index (χ3n) is 1.34. The molecule has 2 rings (SSSR count). The highest BCUT2D eigenvalue weighted by Crippen LogP contribution is 2.08. The van der Waals surface area contributed by atoms with Crippen molar-refractivity contribution in [2.75, 3.05) is 0 Å². The summed E-state index contributed by atoms with van der Waals surface area (Å²) < 4.78 is 0. The maximum atomic E-state index is 10.9. The molecule has 2 heterocycles. The lowest BCUT2D eigenvalue weighted by Gasteiger charge is -2.08. The second kappa shape index (κ2) is 1.73. The largest absolute Gasteiger partial charge is 0.316 e. The van der Waals surface area contributed by atoms with E-state index in [1.54, 1.807) is 0 Å². The van der Waals surface area contributed by atoms with Crippen molar-refractivity contribution in [3.8, 4) is 0 Å². The molecule has 1 atom stereocenters. The number of fused-ring (bicyclic) bond motifs is 1. The lowest BCUT2D eigenvalue weighted by atomic mass is 10.1. The Kier molecular flexibility index (Phi) is 0.913.